The maximum absolute atomic E-state index is 12.8. The maximum atomic E-state index is 12.8. The van der Waals surface area contributed by atoms with Gasteiger partial charge < -0.3 is 10.2 Å². The number of halogens is 1. The third kappa shape index (κ3) is 5.48. The fraction of sp³-hybridized carbons (Fsp3) is 0.292. The maximum Gasteiger partial charge on any atom is 0.317 e. The normalized spacial score (nSPS) is 10.7. The second-order valence-corrected chi connectivity index (χ2v) is 7.93. The molecule has 168 valence electrons. The molecule has 0 saturated heterocycles. The molecule has 0 spiro atoms. The Morgan fingerprint density at radius 2 is 1.78 bits per heavy atom. The van der Waals surface area contributed by atoms with Gasteiger partial charge in [0.05, 0.1) is 5.69 Å². The van der Waals surface area contributed by atoms with Crippen molar-refractivity contribution < 1.29 is 9.59 Å². The van der Waals surface area contributed by atoms with Gasteiger partial charge in [-0.1, -0.05) is 29.8 Å². The summed E-state index contributed by atoms with van der Waals surface area (Å²) in [5.41, 5.74) is 4.77. The third-order valence-corrected chi connectivity index (χ3v) is 5.45. The Bertz CT molecular complexity index is 1110. The van der Waals surface area contributed by atoms with Crippen molar-refractivity contribution >= 4 is 29.5 Å². The van der Waals surface area contributed by atoms with Crippen LogP contribution in [-0.2, 0) is 4.79 Å². The van der Waals surface area contributed by atoms with E-state index in [1.807, 2.05) is 61.9 Å². The molecule has 2 N–H and O–H groups in total. The molecular weight excluding hydrogens is 426 g/mol. The van der Waals surface area contributed by atoms with Gasteiger partial charge in [-0.05, 0) is 63.1 Å². The lowest BCUT2D eigenvalue weighted by atomic mass is 10.1. The molecule has 32 heavy (non-hydrogen) atoms. The Morgan fingerprint density at radius 1 is 1.06 bits per heavy atom. The van der Waals surface area contributed by atoms with Crippen molar-refractivity contribution in [3.63, 3.8) is 0 Å². The lowest BCUT2D eigenvalue weighted by Crippen LogP contribution is -2.43. The van der Waals surface area contributed by atoms with Crippen LogP contribution in [0.2, 0.25) is 5.02 Å². The molecule has 8 heteroatoms. The van der Waals surface area contributed by atoms with E-state index >= 15 is 0 Å². The van der Waals surface area contributed by atoms with E-state index in [1.165, 1.54) is 10.5 Å². The topological polar surface area (TPSA) is 79.3 Å². The van der Waals surface area contributed by atoms with Crippen LogP contribution >= 0.6 is 11.6 Å². The van der Waals surface area contributed by atoms with Crippen LogP contribution in [0.3, 0.4) is 0 Å². The number of aromatic nitrogens is 2. The van der Waals surface area contributed by atoms with Crippen molar-refractivity contribution in [2.24, 2.45) is 0 Å². The van der Waals surface area contributed by atoms with Gasteiger partial charge in [-0.15, -0.1) is 0 Å². The highest BCUT2D eigenvalue weighted by atomic mass is 35.5. The van der Waals surface area contributed by atoms with Gasteiger partial charge >= 0.3 is 6.03 Å². The minimum absolute atomic E-state index is 0.0710. The van der Waals surface area contributed by atoms with E-state index in [-0.39, 0.29) is 18.5 Å². The van der Waals surface area contributed by atoms with E-state index in [4.69, 9.17) is 11.6 Å². The molecule has 3 amide bonds. The van der Waals surface area contributed by atoms with Gasteiger partial charge in [-0.25, -0.2) is 9.78 Å². The number of imidazole rings is 1. The first-order valence-corrected chi connectivity index (χ1v) is 11.0. The molecule has 0 bridgehead atoms. The van der Waals surface area contributed by atoms with E-state index in [0.717, 1.165) is 16.8 Å². The first kappa shape index (κ1) is 23.3. The number of nitrogens with one attached hydrogen (secondary N) is 2. The monoisotopic (exact) mass is 453 g/mol. The van der Waals surface area contributed by atoms with Crippen molar-refractivity contribution in [2.45, 2.75) is 27.7 Å². The zero-order valence-corrected chi connectivity index (χ0v) is 19.5. The van der Waals surface area contributed by atoms with Crippen LogP contribution in [0.5, 0.6) is 0 Å². The zero-order valence-electron chi connectivity index (χ0n) is 18.8. The smallest absolute Gasteiger partial charge is 0.317 e. The molecular formula is C24H28ClN5O2. The van der Waals surface area contributed by atoms with Crippen molar-refractivity contribution in [2.75, 3.05) is 25.0 Å². The SMILES string of the molecule is CCNC(=O)N(CC)CC(=O)Nc1nc(-c2ccc(Cl)cc2)cn1-c1ccc(C)c(C)c1. The molecule has 3 rings (SSSR count). The number of aryl methyl sites for hydroxylation is 2. The molecule has 3 aromatic rings. The quantitative estimate of drug-likeness (QED) is 0.539. The molecule has 0 saturated carbocycles. The van der Waals surface area contributed by atoms with Crippen LogP contribution in [0.4, 0.5) is 10.7 Å². The van der Waals surface area contributed by atoms with Crippen molar-refractivity contribution in [1.29, 1.82) is 0 Å². The van der Waals surface area contributed by atoms with Gasteiger partial charge in [0.1, 0.15) is 6.54 Å². The second-order valence-electron chi connectivity index (χ2n) is 7.49. The fourth-order valence-electron chi connectivity index (χ4n) is 3.23. The summed E-state index contributed by atoms with van der Waals surface area (Å²) in [5.74, 6) is 0.0617. The number of benzene rings is 2. The summed E-state index contributed by atoms with van der Waals surface area (Å²) in [6.07, 6.45) is 1.88. The number of urea groups is 1. The molecule has 2 aromatic carbocycles. The van der Waals surface area contributed by atoms with Crippen molar-refractivity contribution in [1.82, 2.24) is 19.8 Å². The van der Waals surface area contributed by atoms with E-state index in [9.17, 15) is 9.59 Å². The predicted octanol–water partition coefficient (Wildman–Crippen LogP) is 4.80. The number of anilines is 1. The Hall–Kier alpha value is -3.32. The summed E-state index contributed by atoms with van der Waals surface area (Å²) >= 11 is 6.02. The largest absolute Gasteiger partial charge is 0.338 e. The third-order valence-electron chi connectivity index (χ3n) is 5.20. The summed E-state index contributed by atoms with van der Waals surface area (Å²) in [4.78, 5) is 31.0. The summed E-state index contributed by atoms with van der Waals surface area (Å²) in [6.45, 7) is 8.61. The predicted molar refractivity (Wildman–Crippen MR) is 128 cm³/mol. The molecule has 1 heterocycles. The molecule has 1 aromatic heterocycles. The summed E-state index contributed by atoms with van der Waals surface area (Å²) < 4.78 is 1.84. The molecule has 0 aliphatic heterocycles. The Balaban J connectivity index is 1.93. The fourth-order valence-corrected chi connectivity index (χ4v) is 3.35. The zero-order chi connectivity index (χ0) is 23.3. The lowest BCUT2D eigenvalue weighted by molar-refractivity contribution is -0.116. The van der Waals surface area contributed by atoms with E-state index < -0.39 is 0 Å². The van der Waals surface area contributed by atoms with Gasteiger partial charge in [-0.3, -0.25) is 14.7 Å². The average molecular weight is 454 g/mol. The summed E-state index contributed by atoms with van der Waals surface area (Å²) in [6, 6.07) is 13.2. The number of nitrogens with zero attached hydrogens (tertiary/aromatic N) is 3. The number of rotatable bonds is 7. The number of hydrogen-bond donors (Lipinski definition) is 2. The average Bonchev–Trinajstić information content (AvgIpc) is 3.18. The molecule has 0 unspecified atom stereocenters. The second kappa shape index (κ2) is 10.3. The van der Waals surface area contributed by atoms with Crippen LogP contribution in [0.15, 0.2) is 48.7 Å². The van der Waals surface area contributed by atoms with Gasteiger partial charge in [-0.2, -0.15) is 0 Å². The highest BCUT2D eigenvalue weighted by molar-refractivity contribution is 6.30. The number of hydrogen-bond acceptors (Lipinski definition) is 3. The van der Waals surface area contributed by atoms with Crippen molar-refractivity contribution in [3.8, 4) is 16.9 Å². The van der Waals surface area contributed by atoms with E-state index in [1.54, 1.807) is 12.1 Å². The van der Waals surface area contributed by atoms with E-state index in [2.05, 4.69) is 22.5 Å². The number of carbonyl (C=O) groups excluding carboxylic acids is 2. The highest BCUT2D eigenvalue weighted by Gasteiger charge is 2.18. The Morgan fingerprint density at radius 3 is 2.41 bits per heavy atom. The van der Waals surface area contributed by atoms with Crippen LogP contribution in [0.25, 0.3) is 16.9 Å². The minimum atomic E-state index is -0.323. The first-order valence-electron chi connectivity index (χ1n) is 10.6. The van der Waals surface area contributed by atoms with E-state index in [0.29, 0.717) is 29.8 Å². The molecule has 0 radical (unpaired) electrons. The summed E-state index contributed by atoms with van der Waals surface area (Å²) in [7, 11) is 0. The molecule has 0 aliphatic rings. The van der Waals surface area contributed by atoms with Gasteiger partial charge in [0.15, 0.2) is 0 Å². The van der Waals surface area contributed by atoms with Crippen LogP contribution in [-0.4, -0.2) is 46.0 Å². The Labute approximate surface area is 193 Å². The summed E-state index contributed by atoms with van der Waals surface area (Å²) in [5, 5.41) is 6.23. The van der Waals surface area contributed by atoms with Gasteiger partial charge in [0, 0.05) is 35.6 Å². The molecule has 0 fully saturated rings. The Kier molecular flexibility index (Phi) is 7.53. The van der Waals surface area contributed by atoms with Gasteiger partial charge in [0.2, 0.25) is 11.9 Å². The van der Waals surface area contributed by atoms with Crippen molar-refractivity contribution in [3.05, 3.63) is 64.8 Å². The molecule has 0 atom stereocenters. The molecule has 0 aliphatic carbocycles. The number of amides is 3. The minimum Gasteiger partial charge on any atom is -0.338 e. The molecule has 7 nitrogen and oxygen atoms in total. The first-order chi connectivity index (χ1) is 15.3. The van der Waals surface area contributed by atoms with Gasteiger partial charge in [0.25, 0.3) is 0 Å². The number of carbonyl (C=O) groups is 2. The number of likely N-dealkylation sites (N-methyl/N-ethyl adjacent to an activating group) is 1. The standard InChI is InChI=1S/C24H28ClN5O2/c1-5-26-24(32)29(6-2)15-22(31)28-23-27-21(18-8-10-19(25)11-9-18)14-30(23)20-12-7-16(3)17(4)13-20/h7-14H,5-6,15H2,1-4H3,(H,26,32)(H,27,28,31). The van der Waals surface area contributed by atoms with Crippen LogP contribution in [0.1, 0.15) is 25.0 Å². The van der Waals surface area contributed by atoms with Crippen LogP contribution < -0.4 is 10.6 Å². The highest BCUT2D eigenvalue weighted by Crippen LogP contribution is 2.26. The lowest BCUT2D eigenvalue weighted by Gasteiger charge is -2.20. The van der Waals surface area contributed by atoms with Crippen LogP contribution in [0, 0.1) is 13.8 Å².